The van der Waals surface area contributed by atoms with Crippen LogP contribution in [-0.4, -0.2) is 35.3 Å². The number of carbonyl (C=O) groups is 1. The average molecular weight is 224 g/mol. The van der Waals surface area contributed by atoms with Gasteiger partial charge in [-0.1, -0.05) is 0 Å². The van der Waals surface area contributed by atoms with Gasteiger partial charge in [0.1, 0.15) is 0 Å². The minimum Gasteiger partial charge on any atom is -0.478 e. The number of aliphatic hydroxyl groups is 1. The Bertz CT molecular complexity index is 355. The molecule has 2 N–H and O–H groups in total. The summed E-state index contributed by atoms with van der Waals surface area (Å²) in [4.78, 5) is 15.6. The van der Waals surface area contributed by atoms with Crippen LogP contribution in [0, 0.1) is 0 Å². The van der Waals surface area contributed by atoms with E-state index in [2.05, 4.69) is 10.3 Å². The topological polar surface area (TPSA) is 71.5 Å². The maximum atomic E-state index is 11.7. The van der Waals surface area contributed by atoms with Crippen molar-refractivity contribution in [2.75, 3.05) is 13.2 Å². The molecular formula is C11H16N2O3. The molecule has 1 aromatic rings. The van der Waals surface area contributed by atoms with Gasteiger partial charge in [0.25, 0.3) is 5.91 Å². The zero-order chi connectivity index (χ0) is 12.0. The van der Waals surface area contributed by atoms with E-state index >= 15 is 0 Å². The molecule has 0 saturated carbocycles. The molecule has 1 atom stereocenters. The number of amides is 1. The molecule has 0 aromatic carbocycles. The molecule has 1 aromatic heterocycles. The third-order valence-electron chi connectivity index (χ3n) is 1.94. The Morgan fingerprint density at radius 2 is 2.44 bits per heavy atom. The van der Waals surface area contributed by atoms with Gasteiger partial charge in [0, 0.05) is 23.9 Å². The summed E-state index contributed by atoms with van der Waals surface area (Å²) in [6.07, 6.45) is 1.52. The van der Waals surface area contributed by atoms with Gasteiger partial charge in [-0.15, -0.1) is 0 Å². The minimum absolute atomic E-state index is 0.0882. The monoisotopic (exact) mass is 224 g/mol. The first-order chi connectivity index (χ1) is 7.67. The molecule has 0 aliphatic heterocycles. The molecular weight excluding hydrogens is 208 g/mol. The smallest absolute Gasteiger partial charge is 0.251 e. The summed E-state index contributed by atoms with van der Waals surface area (Å²) >= 11 is 0. The maximum absolute atomic E-state index is 11.7. The zero-order valence-corrected chi connectivity index (χ0v) is 9.43. The van der Waals surface area contributed by atoms with E-state index in [-0.39, 0.29) is 18.6 Å². The van der Waals surface area contributed by atoms with E-state index < -0.39 is 0 Å². The lowest BCUT2D eigenvalue weighted by molar-refractivity contribution is 0.0921. The summed E-state index contributed by atoms with van der Waals surface area (Å²) in [6, 6.07) is 2.90. The normalized spacial score (nSPS) is 11.9. The van der Waals surface area contributed by atoms with Crippen molar-refractivity contribution in [3.05, 3.63) is 23.9 Å². The van der Waals surface area contributed by atoms with Gasteiger partial charge < -0.3 is 15.2 Å². The lowest BCUT2D eigenvalue weighted by Gasteiger charge is -2.11. The molecule has 1 rings (SSSR count). The van der Waals surface area contributed by atoms with E-state index in [0.29, 0.717) is 18.1 Å². The second-order valence-electron chi connectivity index (χ2n) is 3.37. The van der Waals surface area contributed by atoms with Gasteiger partial charge in [0.2, 0.25) is 5.88 Å². The third kappa shape index (κ3) is 3.51. The Kier molecular flexibility index (Phi) is 4.72. The Morgan fingerprint density at radius 3 is 3.06 bits per heavy atom. The first kappa shape index (κ1) is 12.4. The van der Waals surface area contributed by atoms with Crippen molar-refractivity contribution in [2.45, 2.75) is 19.9 Å². The predicted molar refractivity (Wildman–Crippen MR) is 59.4 cm³/mol. The number of ether oxygens (including phenoxy) is 1. The average Bonchev–Trinajstić information content (AvgIpc) is 2.29. The van der Waals surface area contributed by atoms with Crippen LogP contribution in [0.4, 0.5) is 0 Å². The van der Waals surface area contributed by atoms with Crippen molar-refractivity contribution < 1.29 is 14.6 Å². The largest absolute Gasteiger partial charge is 0.478 e. The van der Waals surface area contributed by atoms with Gasteiger partial charge in [0.05, 0.1) is 13.2 Å². The zero-order valence-electron chi connectivity index (χ0n) is 9.43. The fourth-order valence-electron chi connectivity index (χ4n) is 1.13. The van der Waals surface area contributed by atoms with Crippen LogP contribution in [0.15, 0.2) is 18.3 Å². The van der Waals surface area contributed by atoms with Crippen molar-refractivity contribution in [2.24, 2.45) is 0 Å². The van der Waals surface area contributed by atoms with E-state index in [9.17, 15) is 4.79 Å². The van der Waals surface area contributed by atoms with E-state index in [0.717, 1.165) is 0 Å². The summed E-state index contributed by atoms with van der Waals surface area (Å²) in [5.74, 6) is 0.178. The molecule has 1 amide bonds. The quantitative estimate of drug-likeness (QED) is 0.768. The lowest BCUT2D eigenvalue weighted by atomic mass is 10.2. The molecule has 5 heteroatoms. The highest BCUT2D eigenvalue weighted by molar-refractivity contribution is 5.94. The molecule has 0 fully saturated rings. The highest BCUT2D eigenvalue weighted by Crippen LogP contribution is 2.09. The molecule has 0 saturated heterocycles. The number of hydrogen-bond acceptors (Lipinski definition) is 4. The Balaban J connectivity index is 2.71. The number of nitrogens with one attached hydrogen (secondary N) is 1. The SMILES string of the molecule is CCOc1cc(C(=O)N[C@@H](C)CO)ccn1. The van der Waals surface area contributed by atoms with E-state index in [1.165, 1.54) is 6.20 Å². The van der Waals surface area contributed by atoms with Crippen molar-refractivity contribution in [3.8, 4) is 5.88 Å². The van der Waals surface area contributed by atoms with Crippen molar-refractivity contribution >= 4 is 5.91 Å². The van der Waals surface area contributed by atoms with Crippen molar-refractivity contribution in [1.29, 1.82) is 0 Å². The first-order valence-electron chi connectivity index (χ1n) is 5.18. The van der Waals surface area contributed by atoms with Crippen LogP contribution in [0.2, 0.25) is 0 Å². The molecule has 88 valence electrons. The predicted octanol–water partition coefficient (Wildman–Crippen LogP) is 0.591. The Morgan fingerprint density at radius 1 is 1.69 bits per heavy atom. The molecule has 5 nitrogen and oxygen atoms in total. The van der Waals surface area contributed by atoms with Gasteiger partial charge in [0.15, 0.2) is 0 Å². The standard InChI is InChI=1S/C11H16N2O3/c1-3-16-10-6-9(4-5-12-10)11(15)13-8(2)7-14/h4-6,8,14H,3,7H2,1-2H3,(H,13,15)/t8-/m0/s1. The second kappa shape index (κ2) is 6.07. The maximum Gasteiger partial charge on any atom is 0.251 e. The number of aromatic nitrogens is 1. The number of aliphatic hydroxyl groups excluding tert-OH is 1. The van der Waals surface area contributed by atoms with E-state index in [1.807, 2.05) is 6.92 Å². The van der Waals surface area contributed by atoms with Crippen LogP contribution < -0.4 is 10.1 Å². The molecule has 0 bridgehead atoms. The van der Waals surface area contributed by atoms with Gasteiger partial charge in [-0.05, 0) is 19.9 Å². The number of rotatable bonds is 5. The highest BCUT2D eigenvalue weighted by atomic mass is 16.5. The van der Waals surface area contributed by atoms with Gasteiger partial charge in [-0.3, -0.25) is 4.79 Å². The fraction of sp³-hybridized carbons (Fsp3) is 0.455. The van der Waals surface area contributed by atoms with E-state index in [4.69, 9.17) is 9.84 Å². The van der Waals surface area contributed by atoms with Crippen LogP contribution >= 0.6 is 0 Å². The number of pyridine rings is 1. The summed E-state index contributed by atoms with van der Waals surface area (Å²) in [7, 11) is 0. The molecule has 0 spiro atoms. The Hall–Kier alpha value is -1.62. The highest BCUT2D eigenvalue weighted by Gasteiger charge is 2.09. The lowest BCUT2D eigenvalue weighted by Crippen LogP contribution is -2.34. The fourth-order valence-corrected chi connectivity index (χ4v) is 1.13. The molecule has 0 radical (unpaired) electrons. The minimum atomic E-state index is -0.267. The van der Waals surface area contributed by atoms with Crippen LogP contribution in [0.25, 0.3) is 0 Å². The molecule has 1 heterocycles. The third-order valence-corrected chi connectivity index (χ3v) is 1.94. The summed E-state index contributed by atoms with van der Waals surface area (Å²) in [5.41, 5.74) is 0.471. The number of nitrogens with zero attached hydrogens (tertiary/aromatic N) is 1. The molecule has 0 aliphatic carbocycles. The summed E-state index contributed by atoms with van der Waals surface area (Å²) < 4.78 is 5.19. The van der Waals surface area contributed by atoms with Crippen LogP contribution in [0.3, 0.4) is 0 Å². The van der Waals surface area contributed by atoms with Crippen LogP contribution in [0.5, 0.6) is 5.88 Å². The number of hydrogen-bond donors (Lipinski definition) is 2. The Labute approximate surface area is 94.5 Å². The van der Waals surface area contributed by atoms with Gasteiger partial charge >= 0.3 is 0 Å². The summed E-state index contributed by atoms with van der Waals surface area (Å²) in [5, 5.41) is 11.5. The van der Waals surface area contributed by atoms with Crippen LogP contribution in [0.1, 0.15) is 24.2 Å². The first-order valence-corrected chi connectivity index (χ1v) is 5.18. The van der Waals surface area contributed by atoms with Crippen molar-refractivity contribution in [1.82, 2.24) is 10.3 Å². The van der Waals surface area contributed by atoms with Crippen molar-refractivity contribution in [3.63, 3.8) is 0 Å². The molecule has 0 aliphatic rings. The van der Waals surface area contributed by atoms with E-state index in [1.54, 1.807) is 19.1 Å². The summed E-state index contributed by atoms with van der Waals surface area (Å²) in [6.45, 7) is 3.99. The van der Waals surface area contributed by atoms with Gasteiger partial charge in [-0.25, -0.2) is 4.98 Å². The number of carbonyl (C=O) groups excluding carboxylic acids is 1. The van der Waals surface area contributed by atoms with Crippen LogP contribution in [-0.2, 0) is 0 Å². The molecule has 16 heavy (non-hydrogen) atoms. The second-order valence-corrected chi connectivity index (χ2v) is 3.37. The van der Waals surface area contributed by atoms with Gasteiger partial charge in [-0.2, -0.15) is 0 Å². The molecule has 0 unspecified atom stereocenters.